The van der Waals surface area contributed by atoms with Crippen LogP contribution >= 0.6 is 23.2 Å². The number of rotatable bonds is 7. The molecule has 4 aromatic rings. The third kappa shape index (κ3) is 5.66. The SMILES string of the molecule is Cc1c(N(C)S(=O)(=O)c2cccc(C(=O)NC3CCCN(c4ccc(Cl)c(Cl)c4)C3)c2)c(=O)n(-c2ccccc2)n1C. The minimum atomic E-state index is -4.17. The molecule has 1 fully saturated rings. The Hall–Kier alpha value is -3.73. The predicted molar refractivity (Wildman–Crippen MR) is 167 cm³/mol. The molecule has 5 rings (SSSR count). The van der Waals surface area contributed by atoms with Crippen LogP contribution < -0.4 is 20.1 Å². The Labute approximate surface area is 254 Å². The quantitative estimate of drug-likeness (QED) is 0.310. The highest BCUT2D eigenvalue weighted by Gasteiger charge is 2.30. The van der Waals surface area contributed by atoms with Crippen molar-refractivity contribution < 1.29 is 13.2 Å². The van der Waals surface area contributed by atoms with Gasteiger partial charge in [-0.05, 0) is 68.3 Å². The molecule has 0 saturated carbocycles. The van der Waals surface area contributed by atoms with E-state index in [0.717, 1.165) is 29.4 Å². The maximum absolute atomic E-state index is 13.7. The van der Waals surface area contributed by atoms with E-state index in [1.54, 1.807) is 55.1 Å². The number of benzene rings is 3. The van der Waals surface area contributed by atoms with E-state index in [2.05, 4.69) is 10.2 Å². The maximum Gasteiger partial charge on any atom is 0.296 e. The molecule has 220 valence electrons. The lowest BCUT2D eigenvalue weighted by Crippen LogP contribution is -2.47. The van der Waals surface area contributed by atoms with Gasteiger partial charge in [-0.2, -0.15) is 0 Å². The van der Waals surface area contributed by atoms with Crippen molar-refractivity contribution in [3.63, 3.8) is 0 Å². The summed E-state index contributed by atoms with van der Waals surface area (Å²) in [6.07, 6.45) is 1.65. The fraction of sp³-hybridized carbons (Fsp3) is 0.267. The summed E-state index contributed by atoms with van der Waals surface area (Å²) < 4.78 is 31.5. The Bertz CT molecular complexity index is 1800. The van der Waals surface area contributed by atoms with E-state index in [4.69, 9.17) is 23.2 Å². The summed E-state index contributed by atoms with van der Waals surface area (Å²) in [4.78, 5) is 28.7. The Morgan fingerprint density at radius 1 is 0.976 bits per heavy atom. The second-order valence-electron chi connectivity index (χ2n) is 10.3. The van der Waals surface area contributed by atoms with Gasteiger partial charge in [0.25, 0.3) is 21.5 Å². The number of carbonyl (C=O) groups excluding carboxylic acids is 1. The van der Waals surface area contributed by atoms with Crippen molar-refractivity contribution >= 4 is 50.5 Å². The third-order valence-corrected chi connectivity index (χ3v) is 10.1. The van der Waals surface area contributed by atoms with Gasteiger partial charge in [0.2, 0.25) is 0 Å². The Morgan fingerprint density at radius 3 is 2.43 bits per heavy atom. The van der Waals surface area contributed by atoms with Crippen LogP contribution in [-0.4, -0.2) is 49.9 Å². The molecule has 1 aromatic heterocycles. The van der Waals surface area contributed by atoms with Crippen LogP contribution in [0.15, 0.2) is 82.5 Å². The third-order valence-electron chi connectivity index (χ3n) is 7.62. The first-order chi connectivity index (χ1) is 20.0. The lowest BCUT2D eigenvalue weighted by molar-refractivity contribution is 0.0933. The van der Waals surface area contributed by atoms with Crippen molar-refractivity contribution in [3.8, 4) is 5.69 Å². The minimum Gasteiger partial charge on any atom is -0.369 e. The molecule has 1 atom stereocenters. The first-order valence-corrected chi connectivity index (χ1v) is 15.6. The summed E-state index contributed by atoms with van der Waals surface area (Å²) in [6.45, 7) is 3.08. The zero-order valence-electron chi connectivity index (χ0n) is 23.4. The molecule has 9 nitrogen and oxygen atoms in total. The fourth-order valence-electron chi connectivity index (χ4n) is 5.27. The second kappa shape index (κ2) is 11.9. The number of halogens is 2. The zero-order valence-corrected chi connectivity index (χ0v) is 25.7. The van der Waals surface area contributed by atoms with E-state index in [1.165, 1.54) is 29.9 Å². The van der Waals surface area contributed by atoms with Gasteiger partial charge in [-0.15, -0.1) is 0 Å². The van der Waals surface area contributed by atoms with Crippen LogP contribution in [-0.2, 0) is 17.1 Å². The summed E-state index contributed by atoms with van der Waals surface area (Å²) in [5.41, 5.74) is 1.78. The minimum absolute atomic E-state index is 0.0285. The van der Waals surface area contributed by atoms with E-state index in [1.807, 2.05) is 18.2 Å². The zero-order chi connectivity index (χ0) is 30.2. The number of carbonyl (C=O) groups is 1. The number of nitrogens with zero attached hydrogens (tertiary/aromatic N) is 4. The molecular weight excluding hydrogens is 597 g/mol. The number of anilines is 2. The molecular formula is C30H31Cl2N5O4S. The van der Waals surface area contributed by atoms with Gasteiger partial charge in [-0.1, -0.05) is 47.5 Å². The number of nitrogens with one attached hydrogen (secondary N) is 1. The standard InChI is InChI=1S/C30H31Cl2N5O4S/c1-20-28(30(39)37(34(20)2)23-11-5-4-6-12-23)35(3)42(40,41)25-13-7-9-21(17-25)29(38)33-22-10-8-16-36(19-22)24-14-15-26(31)27(32)18-24/h4-7,9,11-15,17-18,22H,8,10,16,19H2,1-3H3,(H,33,38). The molecule has 1 saturated heterocycles. The van der Waals surface area contributed by atoms with Gasteiger partial charge in [0.1, 0.15) is 5.69 Å². The smallest absolute Gasteiger partial charge is 0.296 e. The molecule has 0 bridgehead atoms. The van der Waals surface area contributed by atoms with Crippen LogP contribution in [0.4, 0.5) is 11.4 Å². The van der Waals surface area contributed by atoms with Crippen molar-refractivity contribution in [1.82, 2.24) is 14.7 Å². The van der Waals surface area contributed by atoms with Gasteiger partial charge >= 0.3 is 0 Å². The molecule has 1 aliphatic rings. The van der Waals surface area contributed by atoms with Gasteiger partial charge in [0.05, 0.1) is 26.3 Å². The van der Waals surface area contributed by atoms with Gasteiger partial charge < -0.3 is 10.2 Å². The number of sulfonamides is 1. The highest BCUT2D eigenvalue weighted by atomic mass is 35.5. The van der Waals surface area contributed by atoms with Crippen molar-refractivity contribution in [2.75, 3.05) is 29.3 Å². The number of amides is 1. The molecule has 2 heterocycles. The van der Waals surface area contributed by atoms with Crippen LogP contribution in [0.5, 0.6) is 0 Å². The normalized spacial score (nSPS) is 15.5. The molecule has 12 heteroatoms. The van der Waals surface area contributed by atoms with Crippen LogP contribution in [0.1, 0.15) is 28.9 Å². The summed E-state index contributed by atoms with van der Waals surface area (Å²) in [5.74, 6) is -0.377. The predicted octanol–water partition coefficient (Wildman–Crippen LogP) is 5.02. The Morgan fingerprint density at radius 2 is 1.71 bits per heavy atom. The summed E-state index contributed by atoms with van der Waals surface area (Å²) >= 11 is 12.3. The average Bonchev–Trinajstić information content (AvgIpc) is 3.21. The van der Waals surface area contributed by atoms with Crippen LogP contribution in [0.3, 0.4) is 0 Å². The van der Waals surface area contributed by atoms with E-state index in [-0.39, 0.29) is 28.1 Å². The molecule has 1 N–H and O–H groups in total. The van der Waals surface area contributed by atoms with E-state index < -0.39 is 15.6 Å². The lowest BCUT2D eigenvalue weighted by Gasteiger charge is -2.35. The van der Waals surface area contributed by atoms with Crippen LogP contribution in [0.2, 0.25) is 10.0 Å². The summed E-state index contributed by atoms with van der Waals surface area (Å²) in [7, 11) is -1.12. The van der Waals surface area contributed by atoms with Crippen molar-refractivity contribution in [3.05, 3.63) is 104 Å². The number of hydrogen-bond acceptors (Lipinski definition) is 5. The number of aromatic nitrogens is 2. The summed E-state index contributed by atoms with van der Waals surface area (Å²) in [6, 6.07) is 20.2. The number of hydrogen-bond donors (Lipinski definition) is 1. The first-order valence-electron chi connectivity index (χ1n) is 13.4. The largest absolute Gasteiger partial charge is 0.369 e. The van der Waals surface area contributed by atoms with Gasteiger partial charge in [-0.25, -0.2) is 13.1 Å². The lowest BCUT2D eigenvalue weighted by atomic mass is 10.0. The van der Waals surface area contributed by atoms with E-state index >= 15 is 0 Å². The van der Waals surface area contributed by atoms with Crippen molar-refractivity contribution in [1.29, 1.82) is 0 Å². The van der Waals surface area contributed by atoms with Crippen molar-refractivity contribution in [2.24, 2.45) is 7.05 Å². The first kappa shape index (κ1) is 29.8. The Kier molecular flexibility index (Phi) is 8.41. The van der Waals surface area contributed by atoms with Gasteiger partial charge in [-0.3, -0.25) is 18.6 Å². The number of piperidine rings is 1. The second-order valence-corrected chi connectivity index (χ2v) is 13.1. The summed E-state index contributed by atoms with van der Waals surface area (Å²) in [5, 5.41) is 3.99. The molecule has 1 amide bonds. The van der Waals surface area contributed by atoms with E-state index in [9.17, 15) is 18.0 Å². The van der Waals surface area contributed by atoms with Crippen molar-refractivity contribution in [2.45, 2.75) is 30.7 Å². The van der Waals surface area contributed by atoms with Crippen LogP contribution in [0.25, 0.3) is 5.69 Å². The fourth-order valence-corrected chi connectivity index (χ4v) is 6.86. The molecule has 1 unspecified atom stereocenters. The molecule has 0 spiro atoms. The number of para-hydroxylation sites is 1. The highest BCUT2D eigenvalue weighted by Crippen LogP contribution is 2.29. The molecule has 3 aromatic carbocycles. The van der Waals surface area contributed by atoms with E-state index in [0.29, 0.717) is 28.0 Å². The maximum atomic E-state index is 13.7. The highest BCUT2D eigenvalue weighted by molar-refractivity contribution is 7.92. The monoisotopic (exact) mass is 627 g/mol. The van der Waals surface area contributed by atoms with Crippen LogP contribution in [0, 0.1) is 6.92 Å². The van der Waals surface area contributed by atoms with Gasteiger partial charge in [0.15, 0.2) is 0 Å². The molecule has 0 aliphatic carbocycles. The topological polar surface area (TPSA) is 96.7 Å². The average molecular weight is 629 g/mol. The van der Waals surface area contributed by atoms with Gasteiger partial charge in [0, 0.05) is 44.5 Å². The molecule has 1 aliphatic heterocycles. The Balaban J connectivity index is 1.36. The molecule has 42 heavy (non-hydrogen) atoms. The molecule has 0 radical (unpaired) electrons.